The van der Waals surface area contributed by atoms with Crippen molar-refractivity contribution in [2.45, 2.75) is 31.3 Å². The standard InChI is InChI=1S/C23H23Cl2N3OS/c1-16-5-8-18(9-6-16)28-21(17-7-10-19(24)20(25)13-17)14-26-23(28)30-15-22(29)27-11-3-2-4-12-27/h5-10,13-14H,2-4,11-12,15H2,1H3. The van der Waals surface area contributed by atoms with Crippen LogP contribution in [0.4, 0.5) is 0 Å². The average molecular weight is 460 g/mol. The highest BCUT2D eigenvalue weighted by atomic mass is 35.5. The molecule has 0 atom stereocenters. The molecule has 0 saturated carbocycles. The van der Waals surface area contributed by atoms with Crippen LogP contribution in [0.5, 0.6) is 0 Å². The molecule has 0 bridgehead atoms. The Bertz CT molecular complexity index is 1040. The van der Waals surface area contributed by atoms with E-state index >= 15 is 0 Å². The molecule has 1 aromatic heterocycles. The maximum absolute atomic E-state index is 12.7. The summed E-state index contributed by atoms with van der Waals surface area (Å²) < 4.78 is 2.08. The molecule has 2 aromatic carbocycles. The molecule has 7 heteroatoms. The van der Waals surface area contributed by atoms with Crippen molar-refractivity contribution < 1.29 is 4.79 Å². The van der Waals surface area contributed by atoms with Crippen molar-refractivity contribution in [1.82, 2.24) is 14.5 Å². The SMILES string of the molecule is Cc1ccc(-n2c(-c3ccc(Cl)c(Cl)c3)cnc2SCC(=O)N2CCCCC2)cc1. The van der Waals surface area contributed by atoms with Crippen LogP contribution in [0.15, 0.2) is 53.8 Å². The minimum atomic E-state index is 0.175. The number of nitrogens with zero attached hydrogens (tertiary/aromatic N) is 3. The number of amides is 1. The Labute approximate surface area is 191 Å². The van der Waals surface area contributed by atoms with Gasteiger partial charge in [0.2, 0.25) is 5.91 Å². The lowest BCUT2D eigenvalue weighted by atomic mass is 10.1. The number of carbonyl (C=O) groups is 1. The predicted octanol–water partition coefficient (Wildman–Crippen LogP) is 6.26. The number of thioether (sulfide) groups is 1. The first-order valence-electron chi connectivity index (χ1n) is 10.0. The van der Waals surface area contributed by atoms with Gasteiger partial charge in [-0.2, -0.15) is 0 Å². The quantitative estimate of drug-likeness (QED) is 0.422. The van der Waals surface area contributed by atoms with Crippen LogP contribution in [0.3, 0.4) is 0 Å². The third-order valence-electron chi connectivity index (χ3n) is 5.27. The second kappa shape index (κ2) is 9.46. The van der Waals surface area contributed by atoms with E-state index in [2.05, 4.69) is 40.7 Å². The largest absolute Gasteiger partial charge is 0.342 e. The van der Waals surface area contributed by atoms with Crippen molar-refractivity contribution >= 4 is 40.9 Å². The van der Waals surface area contributed by atoms with Gasteiger partial charge in [0.05, 0.1) is 27.7 Å². The van der Waals surface area contributed by atoms with E-state index in [1.165, 1.54) is 23.7 Å². The molecule has 1 saturated heterocycles. The lowest BCUT2D eigenvalue weighted by molar-refractivity contribution is -0.129. The van der Waals surface area contributed by atoms with E-state index in [4.69, 9.17) is 23.2 Å². The zero-order valence-corrected chi connectivity index (χ0v) is 19.1. The monoisotopic (exact) mass is 459 g/mol. The summed E-state index contributed by atoms with van der Waals surface area (Å²) in [5.74, 6) is 0.554. The summed E-state index contributed by atoms with van der Waals surface area (Å²) in [4.78, 5) is 19.3. The summed E-state index contributed by atoms with van der Waals surface area (Å²) in [6.45, 7) is 3.78. The zero-order valence-electron chi connectivity index (χ0n) is 16.8. The lowest BCUT2D eigenvalue weighted by Crippen LogP contribution is -2.36. The molecule has 30 heavy (non-hydrogen) atoms. The fourth-order valence-corrected chi connectivity index (χ4v) is 4.79. The number of hydrogen-bond donors (Lipinski definition) is 0. The van der Waals surface area contributed by atoms with E-state index in [1.807, 2.05) is 23.2 Å². The molecule has 1 fully saturated rings. The molecule has 1 aliphatic rings. The Morgan fingerprint density at radius 3 is 2.47 bits per heavy atom. The molecule has 1 amide bonds. The third-order valence-corrected chi connectivity index (χ3v) is 6.95. The molecule has 3 aromatic rings. The number of carbonyl (C=O) groups excluding carboxylic acids is 1. The van der Waals surface area contributed by atoms with Crippen molar-refractivity contribution in [2.75, 3.05) is 18.8 Å². The van der Waals surface area contributed by atoms with Crippen molar-refractivity contribution in [1.29, 1.82) is 0 Å². The fraction of sp³-hybridized carbons (Fsp3) is 0.304. The summed E-state index contributed by atoms with van der Waals surface area (Å²) in [5, 5.41) is 1.80. The average Bonchev–Trinajstić information content (AvgIpc) is 3.19. The van der Waals surface area contributed by atoms with Gasteiger partial charge in [0.25, 0.3) is 0 Å². The Morgan fingerprint density at radius 1 is 1.03 bits per heavy atom. The normalized spacial score (nSPS) is 14.2. The molecule has 4 rings (SSSR count). The minimum Gasteiger partial charge on any atom is -0.342 e. The second-order valence-corrected chi connectivity index (χ2v) is 9.21. The van der Waals surface area contributed by atoms with Crippen LogP contribution in [-0.4, -0.2) is 39.2 Å². The van der Waals surface area contributed by atoms with Gasteiger partial charge in [0.1, 0.15) is 0 Å². The van der Waals surface area contributed by atoms with Crippen molar-refractivity contribution in [2.24, 2.45) is 0 Å². The molecule has 2 heterocycles. The number of rotatable bonds is 5. The smallest absolute Gasteiger partial charge is 0.233 e. The maximum Gasteiger partial charge on any atom is 0.233 e. The predicted molar refractivity (Wildman–Crippen MR) is 125 cm³/mol. The first kappa shape index (κ1) is 21.3. The van der Waals surface area contributed by atoms with Gasteiger partial charge in [-0.3, -0.25) is 9.36 Å². The molecular formula is C23H23Cl2N3OS. The van der Waals surface area contributed by atoms with E-state index in [0.29, 0.717) is 15.8 Å². The molecule has 156 valence electrons. The molecule has 0 unspecified atom stereocenters. The van der Waals surface area contributed by atoms with Gasteiger partial charge >= 0.3 is 0 Å². The van der Waals surface area contributed by atoms with Crippen molar-refractivity contribution in [3.63, 3.8) is 0 Å². The summed E-state index contributed by atoms with van der Waals surface area (Å²) in [7, 11) is 0. The minimum absolute atomic E-state index is 0.175. The highest BCUT2D eigenvalue weighted by Crippen LogP contribution is 2.33. The Balaban J connectivity index is 1.66. The number of aryl methyl sites for hydroxylation is 1. The van der Waals surface area contributed by atoms with Crippen LogP contribution in [0.2, 0.25) is 10.0 Å². The van der Waals surface area contributed by atoms with Crippen LogP contribution >= 0.6 is 35.0 Å². The number of likely N-dealkylation sites (tertiary alicyclic amines) is 1. The van der Waals surface area contributed by atoms with Crippen LogP contribution in [0.1, 0.15) is 24.8 Å². The lowest BCUT2D eigenvalue weighted by Gasteiger charge is -2.26. The molecule has 0 spiro atoms. The van der Waals surface area contributed by atoms with Crippen LogP contribution in [-0.2, 0) is 4.79 Å². The van der Waals surface area contributed by atoms with E-state index in [0.717, 1.165) is 48.0 Å². The van der Waals surface area contributed by atoms with E-state index in [9.17, 15) is 4.79 Å². The summed E-state index contributed by atoms with van der Waals surface area (Å²) in [5.41, 5.74) is 4.01. The molecular weight excluding hydrogens is 437 g/mol. The van der Waals surface area contributed by atoms with Crippen LogP contribution < -0.4 is 0 Å². The Hall–Kier alpha value is -1.95. The van der Waals surface area contributed by atoms with Crippen molar-refractivity contribution in [3.8, 4) is 16.9 Å². The van der Waals surface area contributed by atoms with Gasteiger partial charge in [0, 0.05) is 24.3 Å². The number of hydrogen-bond acceptors (Lipinski definition) is 3. The van der Waals surface area contributed by atoms with Gasteiger partial charge < -0.3 is 4.90 Å². The van der Waals surface area contributed by atoms with Gasteiger partial charge in [0.15, 0.2) is 5.16 Å². The maximum atomic E-state index is 12.7. The van der Waals surface area contributed by atoms with E-state index in [-0.39, 0.29) is 5.91 Å². The zero-order chi connectivity index (χ0) is 21.1. The van der Waals surface area contributed by atoms with Crippen LogP contribution in [0.25, 0.3) is 16.9 Å². The highest BCUT2D eigenvalue weighted by Gasteiger charge is 2.20. The topological polar surface area (TPSA) is 38.1 Å². The molecule has 0 radical (unpaired) electrons. The third kappa shape index (κ3) is 4.69. The Kier molecular flexibility index (Phi) is 6.71. The van der Waals surface area contributed by atoms with Gasteiger partial charge in [-0.15, -0.1) is 0 Å². The summed E-state index contributed by atoms with van der Waals surface area (Å²) in [6, 6.07) is 13.8. The first-order valence-corrected chi connectivity index (χ1v) is 11.8. The summed E-state index contributed by atoms with van der Waals surface area (Å²) in [6.07, 6.45) is 5.22. The van der Waals surface area contributed by atoms with E-state index in [1.54, 1.807) is 6.07 Å². The fourth-order valence-electron chi connectivity index (χ4n) is 3.60. The number of halogens is 2. The van der Waals surface area contributed by atoms with Gasteiger partial charge in [-0.05, 0) is 50.5 Å². The highest BCUT2D eigenvalue weighted by molar-refractivity contribution is 7.99. The summed E-state index contributed by atoms with van der Waals surface area (Å²) >= 11 is 13.8. The molecule has 1 aliphatic heterocycles. The molecule has 0 N–H and O–H groups in total. The van der Waals surface area contributed by atoms with Crippen LogP contribution in [0, 0.1) is 6.92 Å². The Morgan fingerprint density at radius 2 is 1.77 bits per heavy atom. The number of aromatic nitrogens is 2. The first-order chi connectivity index (χ1) is 14.5. The second-order valence-electron chi connectivity index (χ2n) is 7.46. The van der Waals surface area contributed by atoms with Gasteiger partial charge in [-0.1, -0.05) is 58.7 Å². The molecule has 0 aliphatic carbocycles. The number of piperidine rings is 1. The molecule has 4 nitrogen and oxygen atoms in total. The number of imidazole rings is 1. The van der Waals surface area contributed by atoms with Gasteiger partial charge in [-0.25, -0.2) is 4.98 Å². The van der Waals surface area contributed by atoms with Crippen molar-refractivity contribution in [3.05, 3.63) is 64.3 Å². The van der Waals surface area contributed by atoms with E-state index < -0.39 is 0 Å². The number of benzene rings is 2.